The highest BCUT2D eigenvalue weighted by atomic mass is 35.5. The highest BCUT2D eigenvalue weighted by Crippen LogP contribution is 2.32. The van der Waals surface area contributed by atoms with E-state index in [2.05, 4.69) is 29.3 Å². The highest BCUT2D eigenvalue weighted by Gasteiger charge is 2.27. The lowest BCUT2D eigenvalue weighted by atomic mass is 10.1. The van der Waals surface area contributed by atoms with Crippen LogP contribution in [-0.2, 0) is 0 Å². The second-order valence-corrected chi connectivity index (χ2v) is 7.78. The SMILES string of the molecule is O=C(Nc1ccc(OC(F)(F)Cl)cc1)c1cnc(N2CCCC2)c(-c2ncns2)c1. The molecule has 0 bridgehead atoms. The molecule has 0 atom stereocenters. The number of halogens is 3. The maximum absolute atomic E-state index is 12.7. The van der Waals surface area contributed by atoms with Crippen LogP contribution in [-0.4, -0.2) is 38.9 Å². The number of pyridine rings is 1. The standard InChI is InChI=1S/C19H16ClF2N5O2S/c20-19(21,22)29-14-5-3-13(4-6-14)26-17(28)12-9-15(18-24-11-25-30-18)16(23-10-12)27-7-1-2-8-27/h3-6,9-11H,1-2,7-8H2,(H,26,28). The van der Waals surface area contributed by atoms with Crippen molar-refractivity contribution < 1.29 is 18.3 Å². The molecule has 1 N–H and O–H groups in total. The molecule has 4 rings (SSSR count). The van der Waals surface area contributed by atoms with Crippen molar-refractivity contribution in [1.82, 2.24) is 14.3 Å². The summed E-state index contributed by atoms with van der Waals surface area (Å²) in [5.41, 5.74) is -2.29. The zero-order valence-corrected chi connectivity index (χ0v) is 17.1. The van der Waals surface area contributed by atoms with Crippen LogP contribution in [0.25, 0.3) is 10.6 Å². The number of ether oxygens (including phenoxy) is 1. The molecule has 156 valence electrons. The first kappa shape index (κ1) is 20.4. The van der Waals surface area contributed by atoms with E-state index in [9.17, 15) is 13.6 Å². The zero-order valence-electron chi connectivity index (χ0n) is 15.5. The Hall–Kier alpha value is -2.85. The quantitative estimate of drug-likeness (QED) is 0.551. The van der Waals surface area contributed by atoms with Crippen LogP contribution in [0, 0.1) is 0 Å². The second-order valence-electron chi connectivity index (χ2n) is 6.56. The van der Waals surface area contributed by atoms with E-state index in [1.807, 2.05) is 0 Å². The number of aromatic nitrogens is 3. The van der Waals surface area contributed by atoms with E-state index in [-0.39, 0.29) is 5.75 Å². The van der Waals surface area contributed by atoms with Crippen LogP contribution in [0.5, 0.6) is 5.75 Å². The third-order valence-electron chi connectivity index (χ3n) is 4.47. The van der Waals surface area contributed by atoms with Gasteiger partial charge in [0.05, 0.1) is 11.1 Å². The Bertz CT molecular complexity index is 1020. The van der Waals surface area contributed by atoms with E-state index < -0.39 is 11.5 Å². The number of alkyl halides is 3. The number of anilines is 2. The molecule has 1 saturated heterocycles. The fourth-order valence-corrected chi connectivity index (χ4v) is 3.78. The van der Waals surface area contributed by atoms with Crippen molar-refractivity contribution in [3.63, 3.8) is 0 Å². The van der Waals surface area contributed by atoms with Crippen molar-refractivity contribution in [1.29, 1.82) is 0 Å². The van der Waals surface area contributed by atoms with E-state index in [0.717, 1.165) is 37.3 Å². The molecule has 1 aromatic carbocycles. The van der Waals surface area contributed by atoms with Crippen LogP contribution in [0.1, 0.15) is 23.2 Å². The van der Waals surface area contributed by atoms with E-state index in [1.54, 1.807) is 6.07 Å². The predicted octanol–water partition coefficient (Wildman–Crippen LogP) is 4.62. The molecule has 1 fully saturated rings. The molecule has 3 heterocycles. The minimum atomic E-state index is -3.80. The number of benzene rings is 1. The van der Waals surface area contributed by atoms with Gasteiger partial charge in [0.25, 0.3) is 5.91 Å². The Balaban J connectivity index is 1.55. The summed E-state index contributed by atoms with van der Waals surface area (Å²) in [6, 6.07) is 7.18. The average Bonchev–Trinajstić information content (AvgIpc) is 3.42. The predicted molar refractivity (Wildman–Crippen MR) is 110 cm³/mol. The number of hydrogen-bond acceptors (Lipinski definition) is 7. The topological polar surface area (TPSA) is 80.2 Å². The summed E-state index contributed by atoms with van der Waals surface area (Å²) in [5.74, 6) is 0.269. The van der Waals surface area contributed by atoms with Crippen LogP contribution in [0.3, 0.4) is 0 Å². The van der Waals surface area contributed by atoms with Gasteiger partial charge >= 0.3 is 5.57 Å². The lowest BCUT2D eigenvalue weighted by Gasteiger charge is -2.19. The van der Waals surface area contributed by atoms with Crippen molar-refractivity contribution in [3.8, 4) is 16.3 Å². The molecule has 0 radical (unpaired) electrons. The molecule has 1 amide bonds. The van der Waals surface area contributed by atoms with Gasteiger partial charge in [0.15, 0.2) is 0 Å². The fraction of sp³-hybridized carbons (Fsp3) is 0.263. The lowest BCUT2D eigenvalue weighted by Crippen LogP contribution is -2.21. The van der Waals surface area contributed by atoms with E-state index in [0.29, 0.717) is 16.3 Å². The summed E-state index contributed by atoms with van der Waals surface area (Å²) in [7, 11) is 0. The molecule has 2 aromatic heterocycles. The molecule has 0 unspecified atom stereocenters. The molecule has 3 aromatic rings. The number of nitrogens with one attached hydrogen (secondary N) is 1. The molecule has 0 spiro atoms. The van der Waals surface area contributed by atoms with Crippen molar-refractivity contribution in [2.45, 2.75) is 18.4 Å². The van der Waals surface area contributed by atoms with Gasteiger partial charge in [-0.15, -0.1) is 8.78 Å². The second kappa shape index (κ2) is 8.49. The van der Waals surface area contributed by atoms with E-state index in [1.165, 1.54) is 48.3 Å². The molecule has 1 aliphatic rings. The molecule has 1 aliphatic heterocycles. The monoisotopic (exact) mass is 451 g/mol. The van der Waals surface area contributed by atoms with Crippen LogP contribution in [0.4, 0.5) is 20.3 Å². The number of rotatable bonds is 6. The zero-order chi connectivity index (χ0) is 21.1. The van der Waals surface area contributed by atoms with Gasteiger partial charge in [-0.3, -0.25) is 4.79 Å². The molecule has 7 nitrogen and oxygen atoms in total. The van der Waals surface area contributed by atoms with Gasteiger partial charge in [0.1, 0.15) is 22.9 Å². The number of hydrogen-bond donors (Lipinski definition) is 1. The van der Waals surface area contributed by atoms with Gasteiger partial charge in [-0.05, 0) is 54.7 Å². The van der Waals surface area contributed by atoms with Crippen molar-refractivity contribution in [2.24, 2.45) is 0 Å². The summed E-state index contributed by atoms with van der Waals surface area (Å²) < 4.78 is 33.7. The van der Waals surface area contributed by atoms with Crippen molar-refractivity contribution in [2.75, 3.05) is 23.3 Å². The minimum absolute atomic E-state index is 0.122. The minimum Gasteiger partial charge on any atom is -0.420 e. The summed E-state index contributed by atoms with van der Waals surface area (Å²) >= 11 is 5.98. The van der Waals surface area contributed by atoms with E-state index >= 15 is 0 Å². The van der Waals surface area contributed by atoms with Crippen LogP contribution in [0.2, 0.25) is 0 Å². The van der Waals surface area contributed by atoms with Crippen molar-refractivity contribution >= 4 is 40.5 Å². The molecular weight excluding hydrogens is 436 g/mol. The molecule has 0 saturated carbocycles. The first-order valence-corrected chi connectivity index (χ1v) is 10.2. The lowest BCUT2D eigenvalue weighted by molar-refractivity contribution is -0.0964. The van der Waals surface area contributed by atoms with Crippen molar-refractivity contribution in [3.05, 3.63) is 48.4 Å². The third-order valence-corrected chi connectivity index (χ3v) is 5.25. The Morgan fingerprint density at radius 3 is 2.57 bits per heavy atom. The maximum atomic E-state index is 12.7. The number of amides is 1. The third kappa shape index (κ3) is 4.82. The molecule has 0 aliphatic carbocycles. The van der Waals surface area contributed by atoms with Crippen LogP contribution < -0.4 is 15.0 Å². The summed E-state index contributed by atoms with van der Waals surface area (Å²) in [5, 5.41) is 3.39. The van der Waals surface area contributed by atoms with Gasteiger partial charge in [0, 0.05) is 36.6 Å². The molecule has 30 heavy (non-hydrogen) atoms. The Kier molecular flexibility index (Phi) is 5.78. The molecular formula is C19H16ClF2N5O2S. The van der Waals surface area contributed by atoms with Gasteiger partial charge in [-0.1, -0.05) is 0 Å². The fourth-order valence-electron chi connectivity index (χ4n) is 3.16. The Labute approximate surface area is 179 Å². The van der Waals surface area contributed by atoms with E-state index in [4.69, 9.17) is 11.6 Å². The maximum Gasteiger partial charge on any atom is 0.487 e. The van der Waals surface area contributed by atoms with Gasteiger partial charge in [0.2, 0.25) is 0 Å². The number of nitrogens with zero attached hydrogens (tertiary/aromatic N) is 4. The van der Waals surface area contributed by atoms with Crippen LogP contribution >= 0.6 is 23.1 Å². The smallest absolute Gasteiger partial charge is 0.420 e. The first-order chi connectivity index (χ1) is 14.4. The van der Waals surface area contributed by atoms with Gasteiger partial charge in [-0.25, -0.2) is 9.97 Å². The Morgan fingerprint density at radius 1 is 1.20 bits per heavy atom. The highest BCUT2D eigenvalue weighted by molar-refractivity contribution is 7.09. The number of carbonyl (C=O) groups is 1. The largest absolute Gasteiger partial charge is 0.487 e. The number of carbonyl (C=O) groups excluding carboxylic acids is 1. The summed E-state index contributed by atoms with van der Waals surface area (Å²) in [6.45, 7) is 1.81. The van der Waals surface area contributed by atoms with Crippen LogP contribution in [0.15, 0.2) is 42.9 Å². The summed E-state index contributed by atoms with van der Waals surface area (Å²) in [4.78, 5) is 23.7. The summed E-state index contributed by atoms with van der Waals surface area (Å²) in [6.07, 6.45) is 5.16. The average molecular weight is 452 g/mol. The normalized spacial score (nSPS) is 14.0. The van der Waals surface area contributed by atoms with Gasteiger partial charge in [-0.2, -0.15) is 4.37 Å². The first-order valence-electron chi connectivity index (χ1n) is 9.08. The Morgan fingerprint density at radius 2 is 1.93 bits per heavy atom. The van der Waals surface area contributed by atoms with Gasteiger partial charge < -0.3 is 15.0 Å². The molecule has 11 heteroatoms.